The molecule has 0 spiro atoms. The number of rotatable bonds is 4. The van der Waals surface area contributed by atoms with E-state index >= 15 is 0 Å². The predicted octanol–water partition coefficient (Wildman–Crippen LogP) is 4.17. The Balaban J connectivity index is 2.99. The van der Waals surface area contributed by atoms with Crippen molar-refractivity contribution >= 4 is 8.07 Å². The Bertz CT molecular complexity index is 315. The molecule has 0 aliphatic heterocycles. The Hall–Kier alpha value is -0.0831. The van der Waals surface area contributed by atoms with Gasteiger partial charge in [-0.15, -0.1) is 0 Å². The third-order valence-corrected chi connectivity index (χ3v) is 8.50. The van der Waals surface area contributed by atoms with Crippen molar-refractivity contribution in [1.29, 1.82) is 0 Å². The minimum Gasteiger partial charge on any atom is -0.297 e. The molecule has 0 heterocycles. The predicted molar refractivity (Wildman–Crippen MR) is 81.1 cm³/mol. The van der Waals surface area contributed by atoms with Crippen LogP contribution < -0.4 is 0 Å². The number of hydrogen-bond donors (Lipinski definition) is 0. The molecule has 0 aromatic rings. The van der Waals surface area contributed by atoms with Crippen LogP contribution in [0, 0.1) is 11.3 Å². The maximum absolute atomic E-state index is 2.62. The molecule has 1 aliphatic rings. The molecule has 0 saturated heterocycles. The van der Waals surface area contributed by atoms with Crippen LogP contribution in [0.1, 0.15) is 34.6 Å². The summed E-state index contributed by atoms with van der Waals surface area (Å²) in [7, 11) is 1.19. The summed E-state index contributed by atoms with van der Waals surface area (Å²) in [6, 6.07) is 0. The highest BCUT2D eigenvalue weighted by Gasteiger charge is 2.53. The molecule has 0 aromatic carbocycles. The van der Waals surface area contributed by atoms with Gasteiger partial charge in [0.1, 0.15) is 0 Å². The normalized spacial score (nSPS) is 35.2. The second kappa shape index (κ2) is 4.24. The van der Waals surface area contributed by atoms with Crippen LogP contribution in [0.25, 0.3) is 0 Å². The van der Waals surface area contributed by atoms with E-state index < -0.39 is 8.07 Å². The second-order valence-corrected chi connectivity index (χ2v) is 13.1. The lowest BCUT2D eigenvalue weighted by Gasteiger charge is -2.60. The van der Waals surface area contributed by atoms with Gasteiger partial charge in [0, 0.05) is 16.6 Å². The number of hydrogen-bond acceptors (Lipinski definition) is 1. The highest BCUT2D eigenvalue weighted by atomic mass is 28.3. The van der Waals surface area contributed by atoms with E-state index in [2.05, 4.69) is 78.4 Å². The van der Waals surface area contributed by atoms with Crippen LogP contribution in [-0.4, -0.2) is 31.2 Å². The summed E-state index contributed by atoms with van der Waals surface area (Å²) >= 11 is 0. The average Bonchev–Trinajstić information content (AvgIpc) is 2.21. The summed E-state index contributed by atoms with van der Waals surface area (Å²) in [5.41, 5.74) is 1.24. The van der Waals surface area contributed by atoms with Gasteiger partial charge in [-0.05, 0) is 19.9 Å². The van der Waals surface area contributed by atoms with Crippen LogP contribution in [0.2, 0.25) is 19.6 Å². The van der Waals surface area contributed by atoms with Gasteiger partial charge in [-0.2, -0.15) is 0 Å². The SMILES string of the molecule is CC(C)C1(C)C=CC1(C)N(C)C(C)[Si](C)(C)C. The van der Waals surface area contributed by atoms with Crippen LogP contribution in [0.15, 0.2) is 12.2 Å². The van der Waals surface area contributed by atoms with Gasteiger partial charge < -0.3 is 0 Å². The fraction of sp³-hybridized carbons (Fsp3) is 0.867. The van der Waals surface area contributed by atoms with Crippen LogP contribution >= 0.6 is 0 Å². The first-order chi connectivity index (χ1) is 7.47. The van der Waals surface area contributed by atoms with Crippen LogP contribution in [0.3, 0.4) is 0 Å². The van der Waals surface area contributed by atoms with Crippen molar-refractivity contribution in [1.82, 2.24) is 4.90 Å². The molecular weight excluding hydrogens is 222 g/mol. The maximum Gasteiger partial charge on any atom is 0.0635 e. The Labute approximate surface area is 109 Å². The highest BCUT2D eigenvalue weighted by molar-refractivity contribution is 6.77. The van der Waals surface area contributed by atoms with E-state index in [1.807, 2.05) is 0 Å². The number of nitrogens with zero attached hydrogens (tertiary/aromatic N) is 1. The Morgan fingerprint density at radius 2 is 1.47 bits per heavy atom. The lowest BCUT2D eigenvalue weighted by Crippen LogP contribution is -2.66. The third kappa shape index (κ3) is 2.14. The highest BCUT2D eigenvalue weighted by Crippen LogP contribution is 2.51. The van der Waals surface area contributed by atoms with E-state index in [9.17, 15) is 0 Å². The molecule has 1 rings (SSSR count). The molecule has 0 amide bonds. The van der Waals surface area contributed by atoms with Crippen molar-refractivity contribution in [2.24, 2.45) is 11.3 Å². The first-order valence-corrected chi connectivity index (χ1v) is 10.5. The molecule has 0 N–H and O–H groups in total. The molecule has 0 radical (unpaired) electrons. The van der Waals surface area contributed by atoms with Gasteiger partial charge in [-0.3, -0.25) is 4.90 Å². The zero-order valence-electron chi connectivity index (χ0n) is 13.3. The van der Waals surface area contributed by atoms with Crippen molar-refractivity contribution in [3.63, 3.8) is 0 Å². The molecule has 0 saturated carbocycles. The van der Waals surface area contributed by atoms with Crippen molar-refractivity contribution in [3.05, 3.63) is 12.2 Å². The smallest absolute Gasteiger partial charge is 0.0635 e. The zero-order valence-corrected chi connectivity index (χ0v) is 14.3. The van der Waals surface area contributed by atoms with E-state index in [0.717, 1.165) is 0 Å². The molecule has 2 heteroatoms. The second-order valence-electron chi connectivity index (χ2n) is 7.57. The van der Waals surface area contributed by atoms with Crippen LogP contribution in [0.4, 0.5) is 0 Å². The summed E-state index contributed by atoms with van der Waals surface area (Å²) in [5.74, 6) is 0.689. The third-order valence-electron chi connectivity index (χ3n) is 5.61. The fourth-order valence-corrected chi connectivity index (χ4v) is 4.28. The van der Waals surface area contributed by atoms with Gasteiger partial charge in [0.05, 0.1) is 8.07 Å². The lowest BCUT2D eigenvalue weighted by molar-refractivity contribution is 0.0107. The lowest BCUT2D eigenvalue weighted by atomic mass is 9.57. The van der Waals surface area contributed by atoms with Gasteiger partial charge in [0.2, 0.25) is 0 Å². The molecule has 3 atom stereocenters. The zero-order chi connectivity index (χ0) is 13.6. The van der Waals surface area contributed by atoms with Crippen molar-refractivity contribution in [2.75, 3.05) is 7.05 Å². The molecule has 3 unspecified atom stereocenters. The summed E-state index contributed by atoms with van der Waals surface area (Å²) < 4.78 is 0. The van der Waals surface area contributed by atoms with E-state index in [1.54, 1.807) is 0 Å². The molecule has 0 aromatic heterocycles. The van der Waals surface area contributed by atoms with E-state index in [4.69, 9.17) is 0 Å². The molecule has 1 nitrogen and oxygen atoms in total. The van der Waals surface area contributed by atoms with Gasteiger partial charge in [-0.1, -0.05) is 59.5 Å². The largest absolute Gasteiger partial charge is 0.297 e. The summed E-state index contributed by atoms with van der Waals surface area (Å²) in [4.78, 5) is 2.62. The van der Waals surface area contributed by atoms with Crippen molar-refractivity contribution < 1.29 is 0 Å². The summed E-state index contributed by atoms with van der Waals surface area (Å²) in [6.45, 7) is 19.3. The van der Waals surface area contributed by atoms with Crippen molar-refractivity contribution in [3.8, 4) is 0 Å². The van der Waals surface area contributed by atoms with Crippen LogP contribution in [0.5, 0.6) is 0 Å². The molecule has 0 fully saturated rings. The van der Waals surface area contributed by atoms with Gasteiger partial charge in [-0.25, -0.2) is 0 Å². The topological polar surface area (TPSA) is 3.24 Å². The Morgan fingerprint density at radius 3 is 1.71 bits per heavy atom. The van der Waals surface area contributed by atoms with Crippen LogP contribution in [-0.2, 0) is 0 Å². The molecular formula is C15H31NSi. The van der Waals surface area contributed by atoms with Gasteiger partial charge in [0.25, 0.3) is 0 Å². The quantitative estimate of drug-likeness (QED) is 0.537. The Morgan fingerprint density at radius 1 is 1.00 bits per heavy atom. The minimum atomic E-state index is -1.12. The van der Waals surface area contributed by atoms with Crippen molar-refractivity contribution in [2.45, 2.75) is 65.5 Å². The first kappa shape index (κ1) is 15.0. The monoisotopic (exact) mass is 253 g/mol. The Kier molecular flexibility index (Phi) is 3.73. The average molecular weight is 254 g/mol. The fourth-order valence-electron chi connectivity index (χ4n) is 2.85. The van der Waals surface area contributed by atoms with Gasteiger partial charge >= 0.3 is 0 Å². The molecule has 0 bridgehead atoms. The van der Waals surface area contributed by atoms with E-state index in [-0.39, 0.29) is 5.54 Å². The molecule has 1 aliphatic carbocycles. The number of likely N-dealkylation sites (N-methyl/N-ethyl adjacent to an activating group) is 1. The van der Waals surface area contributed by atoms with E-state index in [0.29, 0.717) is 17.0 Å². The van der Waals surface area contributed by atoms with E-state index in [1.165, 1.54) is 0 Å². The molecule has 100 valence electrons. The maximum atomic E-state index is 2.62. The van der Waals surface area contributed by atoms with Gasteiger partial charge in [0.15, 0.2) is 0 Å². The minimum absolute atomic E-state index is 0.223. The standard InChI is InChI=1S/C15H31NSi/c1-12(2)14(4)10-11-15(14,5)16(6)13(3)17(7,8)9/h10-13H,1-9H3. The molecule has 17 heavy (non-hydrogen) atoms. The summed E-state index contributed by atoms with van der Waals surface area (Å²) in [5, 5.41) is 0. The first-order valence-electron chi connectivity index (χ1n) is 6.90. The summed E-state index contributed by atoms with van der Waals surface area (Å²) in [6.07, 6.45) is 4.81.